The lowest BCUT2D eigenvalue weighted by molar-refractivity contribution is 1.44. The predicted octanol–water partition coefficient (Wildman–Crippen LogP) is 2.10. The molecule has 2 N–H and O–H groups in total. The molecule has 0 aliphatic carbocycles. The molecule has 1 heterocycles. The zero-order valence-electron chi connectivity index (χ0n) is 7.19. The fourth-order valence-electron chi connectivity index (χ4n) is 1.11. The van der Waals surface area contributed by atoms with Crippen LogP contribution >= 0.6 is 11.7 Å². The molecule has 1 aromatic carbocycles. The second-order valence-electron chi connectivity index (χ2n) is 2.86. The Kier molecular flexibility index (Phi) is 1.98. The van der Waals surface area contributed by atoms with Gasteiger partial charge in [-0.2, -0.15) is 8.75 Å². The number of benzene rings is 1. The Hall–Kier alpha value is -1.42. The van der Waals surface area contributed by atoms with Crippen molar-refractivity contribution in [1.82, 2.24) is 8.75 Å². The summed E-state index contributed by atoms with van der Waals surface area (Å²) in [6.07, 6.45) is 0. The maximum Gasteiger partial charge on any atom is 0.165 e. The highest BCUT2D eigenvalue weighted by atomic mass is 32.1. The van der Waals surface area contributed by atoms with Crippen molar-refractivity contribution in [3.8, 4) is 11.3 Å². The van der Waals surface area contributed by atoms with Gasteiger partial charge in [0.05, 0.1) is 11.7 Å². The molecule has 4 heteroatoms. The normalized spacial score (nSPS) is 10.2. The Morgan fingerprint density at radius 3 is 2.38 bits per heavy atom. The van der Waals surface area contributed by atoms with E-state index in [0.29, 0.717) is 5.82 Å². The van der Waals surface area contributed by atoms with Crippen molar-refractivity contribution in [3.05, 3.63) is 29.8 Å². The number of hydrogen-bond donors (Lipinski definition) is 1. The van der Waals surface area contributed by atoms with Gasteiger partial charge in [0.25, 0.3) is 0 Å². The molecule has 0 radical (unpaired) electrons. The van der Waals surface area contributed by atoms with Crippen molar-refractivity contribution in [2.75, 3.05) is 5.73 Å². The lowest BCUT2D eigenvalue weighted by Gasteiger charge is -1.97. The van der Waals surface area contributed by atoms with Crippen molar-refractivity contribution >= 4 is 17.5 Å². The highest BCUT2D eigenvalue weighted by molar-refractivity contribution is 6.99. The smallest absolute Gasteiger partial charge is 0.165 e. The molecule has 0 spiro atoms. The van der Waals surface area contributed by atoms with E-state index < -0.39 is 0 Å². The first-order valence-corrected chi connectivity index (χ1v) is 4.65. The first-order valence-electron chi connectivity index (χ1n) is 3.92. The number of aryl methyl sites for hydroxylation is 1. The van der Waals surface area contributed by atoms with Gasteiger partial charge >= 0.3 is 0 Å². The molecule has 13 heavy (non-hydrogen) atoms. The van der Waals surface area contributed by atoms with Gasteiger partial charge < -0.3 is 5.73 Å². The third-order valence-corrected chi connectivity index (χ3v) is 2.38. The molecule has 0 saturated heterocycles. The summed E-state index contributed by atoms with van der Waals surface area (Å²) in [6, 6.07) is 8.08. The minimum atomic E-state index is 0.508. The second-order valence-corrected chi connectivity index (χ2v) is 3.39. The molecule has 0 saturated carbocycles. The van der Waals surface area contributed by atoms with Crippen LogP contribution in [0.15, 0.2) is 24.3 Å². The molecule has 0 aliphatic heterocycles. The van der Waals surface area contributed by atoms with E-state index in [1.807, 2.05) is 31.2 Å². The van der Waals surface area contributed by atoms with Gasteiger partial charge in [0.2, 0.25) is 0 Å². The third kappa shape index (κ3) is 1.53. The Balaban J connectivity index is 2.47. The maximum absolute atomic E-state index is 5.65. The quantitative estimate of drug-likeness (QED) is 0.751. The maximum atomic E-state index is 5.65. The van der Waals surface area contributed by atoms with Crippen molar-refractivity contribution in [3.63, 3.8) is 0 Å². The molecule has 0 bridgehead atoms. The van der Waals surface area contributed by atoms with Crippen LogP contribution in [-0.4, -0.2) is 8.75 Å². The average molecular weight is 191 g/mol. The van der Waals surface area contributed by atoms with Crippen LogP contribution in [-0.2, 0) is 0 Å². The van der Waals surface area contributed by atoms with Gasteiger partial charge in [0.1, 0.15) is 5.69 Å². The molecular weight excluding hydrogens is 182 g/mol. The number of nitrogen functional groups attached to an aromatic ring is 1. The summed E-state index contributed by atoms with van der Waals surface area (Å²) < 4.78 is 8.05. The fraction of sp³-hybridized carbons (Fsp3) is 0.111. The summed E-state index contributed by atoms with van der Waals surface area (Å²) >= 11 is 1.14. The van der Waals surface area contributed by atoms with Crippen LogP contribution in [0.5, 0.6) is 0 Å². The van der Waals surface area contributed by atoms with Crippen LogP contribution < -0.4 is 5.73 Å². The van der Waals surface area contributed by atoms with Crippen molar-refractivity contribution in [1.29, 1.82) is 0 Å². The Morgan fingerprint density at radius 2 is 1.85 bits per heavy atom. The van der Waals surface area contributed by atoms with Crippen LogP contribution in [0, 0.1) is 6.92 Å². The number of nitrogens with zero attached hydrogens (tertiary/aromatic N) is 2. The SMILES string of the molecule is Cc1ccc(-c2nsnc2N)cc1. The average Bonchev–Trinajstić information content (AvgIpc) is 2.53. The van der Waals surface area contributed by atoms with Gasteiger partial charge in [0.15, 0.2) is 5.82 Å². The van der Waals surface area contributed by atoms with Gasteiger partial charge in [-0.3, -0.25) is 0 Å². The van der Waals surface area contributed by atoms with Crippen LogP contribution in [0.3, 0.4) is 0 Å². The largest absolute Gasteiger partial charge is 0.381 e. The van der Waals surface area contributed by atoms with E-state index in [9.17, 15) is 0 Å². The van der Waals surface area contributed by atoms with E-state index in [2.05, 4.69) is 8.75 Å². The second kappa shape index (κ2) is 3.14. The van der Waals surface area contributed by atoms with E-state index in [1.54, 1.807) is 0 Å². The zero-order chi connectivity index (χ0) is 9.26. The molecule has 0 fully saturated rings. The number of rotatable bonds is 1. The predicted molar refractivity (Wildman–Crippen MR) is 54.5 cm³/mol. The summed E-state index contributed by atoms with van der Waals surface area (Å²) in [5, 5.41) is 0. The van der Waals surface area contributed by atoms with E-state index in [0.717, 1.165) is 23.0 Å². The van der Waals surface area contributed by atoms with Gasteiger partial charge in [-0.25, -0.2) is 0 Å². The number of anilines is 1. The van der Waals surface area contributed by atoms with Gasteiger partial charge in [0, 0.05) is 5.56 Å². The monoisotopic (exact) mass is 191 g/mol. The van der Waals surface area contributed by atoms with Crippen molar-refractivity contribution in [2.45, 2.75) is 6.92 Å². The molecule has 0 atom stereocenters. The minimum Gasteiger partial charge on any atom is -0.381 e. The molecule has 2 aromatic rings. The topological polar surface area (TPSA) is 51.8 Å². The summed E-state index contributed by atoms with van der Waals surface area (Å²) in [5.74, 6) is 0.508. The van der Waals surface area contributed by atoms with Crippen LogP contribution in [0.1, 0.15) is 5.56 Å². The van der Waals surface area contributed by atoms with Crippen LogP contribution in [0.25, 0.3) is 11.3 Å². The zero-order valence-corrected chi connectivity index (χ0v) is 8.01. The molecule has 0 unspecified atom stereocenters. The summed E-state index contributed by atoms with van der Waals surface area (Å²) in [4.78, 5) is 0. The van der Waals surface area contributed by atoms with Crippen LogP contribution in [0.2, 0.25) is 0 Å². The summed E-state index contributed by atoms with van der Waals surface area (Å²) in [6.45, 7) is 2.05. The Morgan fingerprint density at radius 1 is 1.15 bits per heavy atom. The summed E-state index contributed by atoms with van der Waals surface area (Å²) in [7, 11) is 0. The summed E-state index contributed by atoms with van der Waals surface area (Å²) in [5.41, 5.74) is 8.68. The number of hydrogen-bond acceptors (Lipinski definition) is 4. The molecule has 0 aliphatic rings. The Labute approximate surface area is 80.6 Å². The third-order valence-electron chi connectivity index (χ3n) is 1.84. The lowest BCUT2D eigenvalue weighted by Crippen LogP contribution is -1.88. The molecule has 0 amide bonds. The van der Waals surface area contributed by atoms with Gasteiger partial charge in [-0.15, -0.1) is 0 Å². The molecule has 2 rings (SSSR count). The van der Waals surface area contributed by atoms with E-state index in [1.165, 1.54) is 5.56 Å². The van der Waals surface area contributed by atoms with Crippen molar-refractivity contribution in [2.24, 2.45) is 0 Å². The molecule has 3 nitrogen and oxygen atoms in total. The lowest BCUT2D eigenvalue weighted by atomic mass is 10.1. The van der Waals surface area contributed by atoms with Crippen LogP contribution in [0.4, 0.5) is 5.82 Å². The van der Waals surface area contributed by atoms with E-state index in [-0.39, 0.29) is 0 Å². The van der Waals surface area contributed by atoms with E-state index >= 15 is 0 Å². The Bertz CT molecular complexity index is 405. The number of nitrogens with two attached hydrogens (primary N) is 1. The first kappa shape index (κ1) is 8.19. The van der Waals surface area contributed by atoms with Gasteiger partial charge in [-0.05, 0) is 6.92 Å². The van der Waals surface area contributed by atoms with Crippen molar-refractivity contribution < 1.29 is 0 Å². The highest BCUT2D eigenvalue weighted by Gasteiger charge is 2.05. The minimum absolute atomic E-state index is 0.508. The standard InChI is InChI=1S/C9H9N3S/c1-6-2-4-7(5-3-6)8-9(10)12-13-11-8/h2-5H,1H3,(H2,10,12). The van der Waals surface area contributed by atoms with Gasteiger partial charge in [-0.1, -0.05) is 29.8 Å². The molecule has 66 valence electrons. The van der Waals surface area contributed by atoms with E-state index in [4.69, 9.17) is 5.73 Å². The first-order chi connectivity index (χ1) is 6.27. The number of aromatic nitrogens is 2. The highest BCUT2D eigenvalue weighted by Crippen LogP contribution is 2.23. The molecular formula is C9H9N3S. The fourth-order valence-corrected chi connectivity index (χ4v) is 1.60. The molecule has 1 aromatic heterocycles.